The van der Waals surface area contributed by atoms with E-state index in [1.807, 2.05) is 18.2 Å². The molecule has 0 heterocycles. The minimum absolute atomic E-state index is 0. The van der Waals surface area contributed by atoms with Crippen LogP contribution in [-0.4, -0.2) is 6.41 Å². The second-order valence-corrected chi connectivity index (χ2v) is 2.86. The van der Waals surface area contributed by atoms with Crippen molar-refractivity contribution in [3.63, 3.8) is 0 Å². The Morgan fingerprint density at radius 2 is 2.23 bits per heavy atom. The molecule has 1 aliphatic rings. The van der Waals surface area contributed by atoms with Gasteiger partial charge in [0, 0.05) is 0 Å². The van der Waals surface area contributed by atoms with Crippen LogP contribution in [0.2, 0.25) is 0 Å². The first kappa shape index (κ1) is 10.8. The molecule has 2 nitrogen and oxygen atoms in total. The number of hydrogen-bond acceptors (Lipinski definition) is 1. The molecule has 0 spiro atoms. The molecule has 1 aromatic rings. The molecule has 64 valence electrons. The van der Waals surface area contributed by atoms with Crippen LogP contribution in [0.3, 0.4) is 0 Å². The fraction of sp³-hybridized carbons (Fsp3) is 0.200. The maximum Gasteiger partial charge on any atom is 2.00 e. The van der Waals surface area contributed by atoms with Crippen LogP contribution in [-0.2, 0) is 11.2 Å². The summed E-state index contributed by atoms with van der Waals surface area (Å²) in [6.07, 6.45) is 4.74. The molecule has 0 saturated heterocycles. The van der Waals surface area contributed by atoms with E-state index in [0.717, 1.165) is 6.42 Å². The zero-order valence-electron chi connectivity index (χ0n) is 7.08. The van der Waals surface area contributed by atoms with Crippen LogP contribution >= 0.6 is 0 Å². The average molecular weight is 397 g/mol. The van der Waals surface area contributed by atoms with Crippen molar-refractivity contribution in [2.75, 3.05) is 0 Å². The number of rotatable bonds is 2. The van der Waals surface area contributed by atoms with E-state index in [1.54, 1.807) is 6.41 Å². The first-order valence-electron chi connectivity index (χ1n) is 3.95. The van der Waals surface area contributed by atoms with E-state index in [9.17, 15) is 4.79 Å². The van der Waals surface area contributed by atoms with Gasteiger partial charge in [-0.1, -0.05) is 35.4 Å². The molecule has 1 atom stereocenters. The maximum absolute atomic E-state index is 10.1. The van der Waals surface area contributed by atoms with Crippen molar-refractivity contribution < 1.29 is 35.9 Å². The molecule has 1 aliphatic carbocycles. The van der Waals surface area contributed by atoms with E-state index in [0.29, 0.717) is 0 Å². The molecule has 2 rings (SSSR count). The number of carbonyl (C=O) groups excluding carboxylic acids is 1. The fourth-order valence-electron chi connectivity index (χ4n) is 1.60. The summed E-state index contributed by atoms with van der Waals surface area (Å²) in [5, 5.41) is 2.64. The van der Waals surface area contributed by atoms with Crippen molar-refractivity contribution in [2.45, 2.75) is 12.5 Å². The molecule has 3 heteroatoms. The van der Waals surface area contributed by atoms with Crippen LogP contribution in [0.25, 0.3) is 0 Å². The molecule has 0 saturated carbocycles. The van der Waals surface area contributed by atoms with Gasteiger partial charge < -0.3 is 16.5 Å². The third-order valence-electron chi connectivity index (χ3n) is 2.18. The van der Waals surface area contributed by atoms with Gasteiger partial charge in [-0.25, -0.2) is 0 Å². The van der Waals surface area contributed by atoms with E-state index < -0.39 is 0 Å². The van der Waals surface area contributed by atoms with Gasteiger partial charge in [-0.05, 0) is 0 Å². The Morgan fingerprint density at radius 3 is 3.00 bits per heavy atom. The quantitative estimate of drug-likeness (QED) is 0.589. The normalized spacial score (nSPS) is 18.6. The van der Waals surface area contributed by atoms with Crippen LogP contribution in [0.5, 0.6) is 0 Å². The summed E-state index contributed by atoms with van der Waals surface area (Å²) >= 11 is 0. The third-order valence-corrected chi connectivity index (χ3v) is 2.18. The molecule has 0 unspecified atom stereocenters. The molecule has 0 bridgehead atoms. The Labute approximate surface area is 101 Å². The van der Waals surface area contributed by atoms with E-state index in [-0.39, 0.29) is 37.2 Å². The second-order valence-electron chi connectivity index (χ2n) is 2.86. The smallest absolute Gasteiger partial charge is 0.548 e. The molecule has 0 aromatic heterocycles. The number of nitrogens with one attached hydrogen (secondary N) is 1. The summed E-state index contributed by atoms with van der Waals surface area (Å²) in [7, 11) is 0. The number of amides is 1. The monoisotopic (exact) mass is 397 g/mol. The molecule has 0 aliphatic heterocycles. The third kappa shape index (κ3) is 2.15. The second kappa shape index (κ2) is 4.83. The average Bonchev–Trinajstić information content (AvgIpc) is 2.50. The van der Waals surface area contributed by atoms with Gasteiger partial charge >= 0.3 is 31.1 Å². The van der Waals surface area contributed by atoms with Crippen molar-refractivity contribution in [3.05, 3.63) is 41.8 Å². The van der Waals surface area contributed by atoms with Gasteiger partial charge in [0.05, 0.1) is 0 Å². The summed E-state index contributed by atoms with van der Waals surface area (Å²) in [6, 6.07) is 8.18. The molecule has 1 amide bonds. The standard InChI is InChI=1S/C10H9NO.U/c12-7-11-10-6-5-8-3-1-2-4-9(8)10;/h1-4,6,10H,5H2,(H,11,12);/q-2;+2/t10-;/m1./s1. The summed E-state index contributed by atoms with van der Waals surface area (Å²) in [4.78, 5) is 10.1. The minimum Gasteiger partial charge on any atom is -0.548 e. The topological polar surface area (TPSA) is 29.1 Å². The van der Waals surface area contributed by atoms with E-state index in [2.05, 4.69) is 17.8 Å². The predicted molar refractivity (Wildman–Crippen MR) is 46.0 cm³/mol. The predicted octanol–water partition coefficient (Wildman–Crippen LogP) is 1.14. The summed E-state index contributed by atoms with van der Waals surface area (Å²) in [5.74, 6) is 0. The van der Waals surface area contributed by atoms with Crippen molar-refractivity contribution >= 4 is 6.41 Å². The van der Waals surface area contributed by atoms with Gasteiger partial charge in [-0.15, -0.1) is 6.04 Å². The summed E-state index contributed by atoms with van der Waals surface area (Å²) in [6.45, 7) is 0. The van der Waals surface area contributed by atoms with Gasteiger partial charge in [0.15, 0.2) is 0 Å². The van der Waals surface area contributed by atoms with Crippen LogP contribution in [0.15, 0.2) is 24.3 Å². The zero-order chi connectivity index (χ0) is 8.39. The largest absolute Gasteiger partial charge is 2.00 e. The molecule has 1 N–H and O–H groups in total. The zero-order valence-corrected chi connectivity index (χ0v) is 11.2. The van der Waals surface area contributed by atoms with Gasteiger partial charge in [0.25, 0.3) is 0 Å². The minimum atomic E-state index is 0. The van der Waals surface area contributed by atoms with Crippen molar-refractivity contribution in [2.24, 2.45) is 0 Å². The van der Waals surface area contributed by atoms with E-state index in [1.165, 1.54) is 11.1 Å². The Bertz CT molecular complexity index is 301. The number of fused-ring (bicyclic) bond motifs is 1. The summed E-state index contributed by atoms with van der Waals surface area (Å²) < 4.78 is 0. The Kier molecular flexibility index (Phi) is 4.02. The maximum atomic E-state index is 10.1. The van der Waals surface area contributed by atoms with Gasteiger partial charge in [-0.2, -0.15) is 12.8 Å². The molecule has 0 fully saturated rings. The van der Waals surface area contributed by atoms with Crippen LogP contribution in [0, 0.1) is 37.5 Å². The Balaban J connectivity index is 0.000000845. The van der Waals surface area contributed by atoms with Gasteiger partial charge in [-0.3, -0.25) is 0 Å². The van der Waals surface area contributed by atoms with E-state index >= 15 is 0 Å². The molecule has 1 aromatic carbocycles. The SMILES string of the molecule is O=[C-]N[C@@H]1[CH-]Cc2ccccc21.[U+2]. The Hall–Kier alpha value is -0.258. The number of benzene rings is 1. The molecule has 0 radical (unpaired) electrons. The van der Waals surface area contributed by atoms with Crippen LogP contribution < -0.4 is 5.32 Å². The van der Waals surface area contributed by atoms with Crippen molar-refractivity contribution in [3.8, 4) is 0 Å². The van der Waals surface area contributed by atoms with Gasteiger partial charge in [0.2, 0.25) is 0 Å². The van der Waals surface area contributed by atoms with Crippen molar-refractivity contribution in [1.82, 2.24) is 5.32 Å². The number of hydrogen-bond donors (Lipinski definition) is 1. The van der Waals surface area contributed by atoms with Gasteiger partial charge in [0.1, 0.15) is 0 Å². The van der Waals surface area contributed by atoms with E-state index in [4.69, 9.17) is 0 Å². The molecular weight excluding hydrogens is 388 g/mol. The first-order valence-corrected chi connectivity index (χ1v) is 3.95. The summed E-state index contributed by atoms with van der Waals surface area (Å²) in [5.41, 5.74) is 2.49. The van der Waals surface area contributed by atoms with Crippen molar-refractivity contribution in [1.29, 1.82) is 0 Å². The molecular formula is C10H9NOU. The van der Waals surface area contributed by atoms with Crippen LogP contribution in [0.4, 0.5) is 0 Å². The first-order chi connectivity index (χ1) is 5.92. The molecule has 13 heavy (non-hydrogen) atoms. The van der Waals surface area contributed by atoms with Crippen LogP contribution in [0.1, 0.15) is 17.2 Å². The Morgan fingerprint density at radius 1 is 1.46 bits per heavy atom. The fourth-order valence-corrected chi connectivity index (χ4v) is 1.60.